The van der Waals surface area contributed by atoms with E-state index >= 15 is 0 Å². The predicted octanol–water partition coefficient (Wildman–Crippen LogP) is 4.01. The smallest absolute Gasteiger partial charge is 0.335 e. The Hall–Kier alpha value is -3.84. The number of aromatic carboxylic acids is 1. The molecule has 0 spiro atoms. The quantitative estimate of drug-likeness (QED) is 0.512. The summed E-state index contributed by atoms with van der Waals surface area (Å²) in [5.74, 6) is -1.14. The lowest BCUT2D eigenvalue weighted by Crippen LogP contribution is -2.39. The lowest BCUT2D eigenvalue weighted by atomic mass is 9.92. The Morgan fingerprint density at radius 3 is 2.46 bits per heavy atom. The molecular weight excluding hydrogens is 444 g/mol. The Balaban J connectivity index is 1.27. The summed E-state index contributed by atoms with van der Waals surface area (Å²) in [6.07, 6.45) is 1.67. The molecular formula is C28H28N2O5. The van der Waals surface area contributed by atoms with Gasteiger partial charge in [0.1, 0.15) is 18.4 Å². The second-order valence-electron chi connectivity index (χ2n) is 9.04. The molecule has 0 bridgehead atoms. The van der Waals surface area contributed by atoms with Gasteiger partial charge in [0.15, 0.2) is 0 Å². The Kier molecular flexibility index (Phi) is 6.42. The highest BCUT2D eigenvalue weighted by Gasteiger charge is 2.33. The van der Waals surface area contributed by atoms with Crippen LogP contribution in [0.5, 0.6) is 5.75 Å². The molecule has 0 amide bonds. The van der Waals surface area contributed by atoms with Crippen LogP contribution in [0.15, 0.2) is 66.7 Å². The van der Waals surface area contributed by atoms with Crippen molar-refractivity contribution in [2.75, 3.05) is 31.1 Å². The van der Waals surface area contributed by atoms with E-state index in [0.29, 0.717) is 32.0 Å². The Morgan fingerprint density at radius 1 is 0.914 bits per heavy atom. The monoisotopic (exact) mass is 472 g/mol. The van der Waals surface area contributed by atoms with Crippen LogP contribution < -0.4 is 9.64 Å². The van der Waals surface area contributed by atoms with Crippen molar-refractivity contribution < 1.29 is 24.5 Å². The van der Waals surface area contributed by atoms with Gasteiger partial charge >= 0.3 is 11.9 Å². The largest absolute Gasteiger partial charge is 0.492 e. The van der Waals surface area contributed by atoms with Gasteiger partial charge in [-0.05, 0) is 59.4 Å². The van der Waals surface area contributed by atoms with Gasteiger partial charge in [-0.2, -0.15) is 0 Å². The molecule has 1 atom stereocenters. The number of ether oxygens (including phenoxy) is 1. The fourth-order valence-corrected chi connectivity index (χ4v) is 5.10. The second kappa shape index (κ2) is 9.80. The van der Waals surface area contributed by atoms with E-state index in [1.54, 1.807) is 12.1 Å². The minimum atomic E-state index is -0.931. The molecule has 1 unspecified atom stereocenters. The summed E-state index contributed by atoms with van der Waals surface area (Å²) in [5.41, 5.74) is 5.30. The van der Waals surface area contributed by atoms with Crippen LogP contribution in [0.2, 0.25) is 0 Å². The molecule has 3 aromatic rings. The third-order valence-corrected chi connectivity index (χ3v) is 6.86. The fraction of sp³-hybridized carbons (Fsp3) is 0.286. The number of anilines is 1. The third-order valence-electron chi connectivity index (χ3n) is 6.86. The second-order valence-corrected chi connectivity index (χ2v) is 9.04. The molecule has 0 aromatic heterocycles. The maximum absolute atomic E-state index is 12.3. The minimum absolute atomic E-state index is 0.283. The molecule has 0 saturated heterocycles. The number of aliphatic carboxylic acids is 1. The normalized spacial score (nSPS) is 17.0. The summed E-state index contributed by atoms with van der Waals surface area (Å²) < 4.78 is 6.04. The van der Waals surface area contributed by atoms with Gasteiger partial charge in [0, 0.05) is 25.3 Å². The van der Waals surface area contributed by atoms with Gasteiger partial charge in [-0.25, -0.2) is 4.79 Å². The predicted molar refractivity (Wildman–Crippen MR) is 132 cm³/mol. The average Bonchev–Trinajstić information content (AvgIpc) is 3.26. The Labute approximate surface area is 204 Å². The molecule has 2 aliphatic heterocycles. The van der Waals surface area contributed by atoms with Gasteiger partial charge in [-0.1, -0.05) is 42.5 Å². The molecule has 2 heterocycles. The zero-order valence-electron chi connectivity index (χ0n) is 19.4. The first-order valence-corrected chi connectivity index (χ1v) is 11.9. The number of fused-ring (bicyclic) bond motifs is 2. The summed E-state index contributed by atoms with van der Waals surface area (Å²) >= 11 is 0. The number of carboxylic acids is 2. The molecule has 0 aliphatic carbocycles. The van der Waals surface area contributed by atoms with Gasteiger partial charge in [-0.3, -0.25) is 9.69 Å². The SMILES string of the molecule is O=C(O)c1ccc2c(c1)N(CCOc1ccc3c(c1)C(C(=O)O)N(Cc1ccccc1)CC3)CC2. The zero-order chi connectivity index (χ0) is 24.4. The van der Waals surface area contributed by atoms with Crippen LogP contribution in [0.1, 0.15) is 38.7 Å². The van der Waals surface area contributed by atoms with E-state index in [1.165, 1.54) is 0 Å². The van der Waals surface area contributed by atoms with E-state index in [4.69, 9.17) is 4.74 Å². The van der Waals surface area contributed by atoms with Crippen LogP contribution in [0.3, 0.4) is 0 Å². The van der Waals surface area contributed by atoms with E-state index < -0.39 is 18.0 Å². The summed E-state index contributed by atoms with van der Waals surface area (Å²) in [6, 6.07) is 20.2. The highest BCUT2D eigenvalue weighted by molar-refractivity contribution is 5.89. The number of rotatable bonds is 8. The van der Waals surface area contributed by atoms with Gasteiger partial charge in [-0.15, -0.1) is 0 Å². The van der Waals surface area contributed by atoms with Gasteiger partial charge < -0.3 is 19.8 Å². The van der Waals surface area contributed by atoms with Crippen molar-refractivity contribution in [3.8, 4) is 5.75 Å². The van der Waals surface area contributed by atoms with Gasteiger partial charge in [0.05, 0.1) is 12.1 Å². The number of benzene rings is 3. The maximum Gasteiger partial charge on any atom is 0.335 e. The Bertz CT molecular complexity index is 1240. The van der Waals surface area contributed by atoms with Crippen LogP contribution in [0.4, 0.5) is 5.69 Å². The number of carboxylic acid groups (broad SMARTS) is 2. The molecule has 0 saturated carbocycles. The van der Waals surface area contributed by atoms with Gasteiger partial charge in [0.25, 0.3) is 0 Å². The van der Waals surface area contributed by atoms with E-state index in [1.807, 2.05) is 59.5 Å². The lowest BCUT2D eigenvalue weighted by Gasteiger charge is -2.35. The van der Waals surface area contributed by atoms with Crippen molar-refractivity contribution in [1.82, 2.24) is 4.90 Å². The van der Waals surface area contributed by atoms with Crippen molar-refractivity contribution in [2.24, 2.45) is 0 Å². The lowest BCUT2D eigenvalue weighted by molar-refractivity contribution is -0.144. The van der Waals surface area contributed by atoms with Crippen molar-refractivity contribution in [2.45, 2.75) is 25.4 Å². The molecule has 180 valence electrons. The number of hydrogen-bond acceptors (Lipinski definition) is 5. The first-order valence-electron chi connectivity index (χ1n) is 11.9. The maximum atomic E-state index is 12.3. The van der Waals surface area contributed by atoms with Crippen LogP contribution in [0.25, 0.3) is 0 Å². The molecule has 3 aromatic carbocycles. The highest BCUT2D eigenvalue weighted by Crippen LogP contribution is 2.34. The number of nitrogens with zero attached hydrogens (tertiary/aromatic N) is 2. The first-order chi connectivity index (χ1) is 17.0. The molecule has 2 aliphatic rings. The van der Waals surface area contributed by atoms with E-state index in [-0.39, 0.29) is 5.56 Å². The summed E-state index contributed by atoms with van der Waals surface area (Å²) in [7, 11) is 0. The molecule has 7 heteroatoms. The van der Waals surface area contributed by atoms with Crippen LogP contribution in [0, 0.1) is 0 Å². The molecule has 0 fully saturated rings. The molecule has 2 N–H and O–H groups in total. The van der Waals surface area contributed by atoms with Crippen LogP contribution >= 0.6 is 0 Å². The van der Waals surface area contributed by atoms with Gasteiger partial charge in [0.2, 0.25) is 0 Å². The number of hydrogen-bond donors (Lipinski definition) is 2. The standard InChI is InChI=1S/C28H28N2O5/c31-27(32)22-7-6-21-11-12-29(25(21)16-22)14-15-35-23-9-8-20-10-13-30(18-19-4-2-1-3-5-19)26(28(33)34)24(20)17-23/h1-9,16-17,26H,10-15,18H2,(H,31,32)(H,33,34). The van der Waals surface area contributed by atoms with E-state index in [0.717, 1.165) is 47.3 Å². The fourth-order valence-electron chi connectivity index (χ4n) is 5.10. The van der Waals surface area contributed by atoms with E-state index in [9.17, 15) is 19.8 Å². The molecule has 5 rings (SSSR count). The van der Waals surface area contributed by atoms with Crippen molar-refractivity contribution in [3.05, 3.63) is 94.5 Å². The molecule has 35 heavy (non-hydrogen) atoms. The van der Waals surface area contributed by atoms with Crippen molar-refractivity contribution >= 4 is 17.6 Å². The zero-order valence-corrected chi connectivity index (χ0v) is 19.4. The van der Waals surface area contributed by atoms with E-state index in [2.05, 4.69) is 4.90 Å². The summed E-state index contributed by atoms with van der Waals surface area (Å²) in [5, 5.41) is 19.4. The number of carbonyl (C=O) groups is 2. The van der Waals surface area contributed by atoms with Crippen LogP contribution in [-0.4, -0.2) is 53.3 Å². The third kappa shape index (κ3) is 4.86. The van der Waals surface area contributed by atoms with Crippen LogP contribution in [-0.2, 0) is 24.2 Å². The minimum Gasteiger partial charge on any atom is -0.492 e. The first kappa shape index (κ1) is 22.9. The van der Waals surface area contributed by atoms with Crippen molar-refractivity contribution in [3.63, 3.8) is 0 Å². The molecule has 0 radical (unpaired) electrons. The Morgan fingerprint density at radius 2 is 1.69 bits per heavy atom. The average molecular weight is 473 g/mol. The molecule has 7 nitrogen and oxygen atoms in total. The highest BCUT2D eigenvalue weighted by atomic mass is 16.5. The summed E-state index contributed by atoms with van der Waals surface area (Å²) in [4.78, 5) is 27.8. The topological polar surface area (TPSA) is 90.3 Å². The van der Waals surface area contributed by atoms with Crippen molar-refractivity contribution in [1.29, 1.82) is 0 Å². The summed E-state index contributed by atoms with van der Waals surface area (Å²) in [6.45, 7) is 3.12.